The molecule has 1 aromatic rings. The van der Waals surface area contributed by atoms with Crippen LogP contribution in [0.25, 0.3) is 0 Å². The molecule has 2 nitrogen and oxygen atoms in total. The van der Waals surface area contributed by atoms with Crippen LogP contribution >= 0.6 is 0 Å². The Balaban J connectivity index is 1.70. The quantitative estimate of drug-likeness (QED) is 0.777. The second-order valence-corrected chi connectivity index (χ2v) is 6.74. The molecule has 4 atom stereocenters. The Bertz CT molecular complexity index is 548. The molecule has 0 spiro atoms. The molecule has 0 amide bonds. The number of aryl methyl sites for hydroxylation is 1. The molecule has 0 aromatic heterocycles. The molecule has 3 aliphatic carbocycles. The number of rotatable bonds is 1. The van der Waals surface area contributed by atoms with E-state index in [9.17, 15) is 4.79 Å². The van der Waals surface area contributed by atoms with Crippen molar-refractivity contribution in [1.82, 2.24) is 0 Å². The first kappa shape index (κ1) is 12.4. The van der Waals surface area contributed by atoms with Gasteiger partial charge in [-0.15, -0.1) is 0 Å². The summed E-state index contributed by atoms with van der Waals surface area (Å²) in [6.07, 6.45) is 6.83. The number of benzene rings is 1. The lowest BCUT2D eigenvalue weighted by Gasteiger charge is -2.43. The van der Waals surface area contributed by atoms with Crippen molar-refractivity contribution in [3.05, 3.63) is 29.3 Å². The van der Waals surface area contributed by atoms with Gasteiger partial charge in [0.15, 0.2) is 0 Å². The molecule has 2 saturated carbocycles. The maximum absolute atomic E-state index is 12.3. The number of hydrogen-bond acceptors (Lipinski definition) is 2. The standard InChI is InChI=1S/C18H22O2/c1-20-13-5-8-14-12(10-13)3-7-16-15(14)6-2-11-4-9-17(19)18(11)16/h5,8,10-11,15-16,18H,2-4,6-7,9H2,1H3. The predicted octanol–water partition coefficient (Wildman–Crippen LogP) is 3.73. The molecule has 0 heterocycles. The number of fused-ring (bicyclic) bond motifs is 5. The number of ether oxygens (including phenoxy) is 1. The van der Waals surface area contributed by atoms with Gasteiger partial charge in [-0.05, 0) is 73.1 Å². The second kappa shape index (κ2) is 4.61. The monoisotopic (exact) mass is 270 g/mol. The number of hydrogen-bond donors (Lipinski definition) is 0. The molecule has 106 valence electrons. The maximum Gasteiger partial charge on any atom is 0.136 e. The van der Waals surface area contributed by atoms with Gasteiger partial charge in [-0.1, -0.05) is 6.07 Å². The molecular formula is C18H22O2. The van der Waals surface area contributed by atoms with Crippen LogP contribution in [-0.2, 0) is 11.2 Å². The van der Waals surface area contributed by atoms with Gasteiger partial charge in [0.25, 0.3) is 0 Å². The summed E-state index contributed by atoms with van der Waals surface area (Å²) in [5.74, 6) is 3.83. The van der Waals surface area contributed by atoms with Crippen LogP contribution in [0.4, 0.5) is 0 Å². The molecule has 0 aliphatic heterocycles. The zero-order valence-corrected chi connectivity index (χ0v) is 12.1. The van der Waals surface area contributed by atoms with Gasteiger partial charge in [-0.3, -0.25) is 4.79 Å². The van der Waals surface area contributed by atoms with E-state index in [-0.39, 0.29) is 0 Å². The summed E-state index contributed by atoms with van der Waals surface area (Å²) >= 11 is 0. The summed E-state index contributed by atoms with van der Waals surface area (Å²) < 4.78 is 5.35. The average Bonchev–Trinajstić information content (AvgIpc) is 2.88. The van der Waals surface area contributed by atoms with Crippen LogP contribution in [0.15, 0.2) is 18.2 Å². The number of methoxy groups -OCH3 is 1. The number of carbonyl (C=O) groups excluding carboxylic acids is 1. The number of carbonyl (C=O) groups is 1. The zero-order chi connectivity index (χ0) is 13.7. The van der Waals surface area contributed by atoms with Crippen molar-refractivity contribution in [2.24, 2.45) is 17.8 Å². The van der Waals surface area contributed by atoms with E-state index >= 15 is 0 Å². The molecule has 4 rings (SSSR count). The van der Waals surface area contributed by atoms with Crippen molar-refractivity contribution in [2.75, 3.05) is 7.11 Å². The van der Waals surface area contributed by atoms with E-state index in [1.807, 2.05) is 0 Å². The highest BCUT2D eigenvalue weighted by molar-refractivity contribution is 5.84. The van der Waals surface area contributed by atoms with Gasteiger partial charge in [0.05, 0.1) is 7.11 Å². The van der Waals surface area contributed by atoms with E-state index in [2.05, 4.69) is 18.2 Å². The summed E-state index contributed by atoms with van der Waals surface area (Å²) in [4.78, 5) is 12.3. The summed E-state index contributed by atoms with van der Waals surface area (Å²) in [5.41, 5.74) is 2.95. The zero-order valence-electron chi connectivity index (χ0n) is 12.1. The van der Waals surface area contributed by atoms with Crippen LogP contribution in [0.1, 0.15) is 49.1 Å². The molecule has 2 fully saturated rings. The van der Waals surface area contributed by atoms with Gasteiger partial charge in [0, 0.05) is 12.3 Å². The summed E-state index contributed by atoms with van der Waals surface area (Å²) in [5, 5.41) is 0. The average molecular weight is 270 g/mol. The molecule has 3 aliphatic rings. The molecule has 0 bridgehead atoms. The topological polar surface area (TPSA) is 26.3 Å². The van der Waals surface area contributed by atoms with Gasteiger partial charge in [-0.2, -0.15) is 0 Å². The predicted molar refractivity (Wildman–Crippen MR) is 78.0 cm³/mol. The molecule has 2 heteroatoms. The third kappa shape index (κ3) is 1.73. The van der Waals surface area contributed by atoms with Crippen LogP contribution in [0, 0.1) is 17.8 Å². The van der Waals surface area contributed by atoms with E-state index in [4.69, 9.17) is 4.74 Å². The molecule has 0 radical (unpaired) electrons. The maximum atomic E-state index is 12.3. The largest absolute Gasteiger partial charge is 0.497 e. The molecule has 4 unspecified atom stereocenters. The fraction of sp³-hybridized carbons (Fsp3) is 0.611. The van der Waals surface area contributed by atoms with Crippen LogP contribution < -0.4 is 4.74 Å². The van der Waals surface area contributed by atoms with Crippen LogP contribution in [0.3, 0.4) is 0 Å². The van der Waals surface area contributed by atoms with Crippen LogP contribution in [-0.4, -0.2) is 12.9 Å². The molecule has 0 saturated heterocycles. The Labute approximate surface area is 120 Å². The van der Waals surface area contributed by atoms with Crippen molar-refractivity contribution in [1.29, 1.82) is 0 Å². The van der Waals surface area contributed by atoms with Gasteiger partial charge < -0.3 is 4.74 Å². The molecular weight excluding hydrogens is 248 g/mol. The highest BCUT2D eigenvalue weighted by Gasteiger charge is 2.47. The minimum atomic E-state index is 0.379. The lowest BCUT2D eigenvalue weighted by atomic mass is 9.61. The fourth-order valence-electron chi connectivity index (χ4n) is 5.08. The van der Waals surface area contributed by atoms with Crippen molar-refractivity contribution in [3.63, 3.8) is 0 Å². The van der Waals surface area contributed by atoms with Crippen molar-refractivity contribution in [2.45, 2.75) is 44.4 Å². The lowest BCUT2D eigenvalue weighted by Crippen LogP contribution is -2.37. The molecule has 1 aromatic carbocycles. The highest BCUT2D eigenvalue weighted by Crippen LogP contribution is 2.54. The van der Waals surface area contributed by atoms with Gasteiger partial charge in [0.2, 0.25) is 0 Å². The molecule has 20 heavy (non-hydrogen) atoms. The number of Topliss-reactive ketones (excluding diaryl/α,β-unsaturated/α-hetero) is 1. The van der Waals surface area contributed by atoms with Gasteiger partial charge in [0.1, 0.15) is 11.5 Å². The minimum Gasteiger partial charge on any atom is -0.497 e. The van der Waals surface area contributed by atoms with Crippen LogP contribution in [0.5, 0.6) is 5.75 Å². The van der Waals surface area contributed by atoms with E-state index in [1.165, 1.54) is 30.4 Å². The lowest BCUT2D eigenvalue weighted by molar-refractivity contribution is -0.124. The van der Waals surface area contributed by atoms with Crippen molar-refractivity contribution in [3.8, 4) is 5.75 Å². The van der Waals surface area contributed by atoms with E-state index in [0.29, 0.717) is 29.5 Å². The Hall–Kier alpha value is -1.31. The van der Waals surface area contributed by atoms with E-state index in [0.717, 1.165) is 25.0 Å². The highest BCUT2D eigenvalue weighted by atomic mass is 16.5. The first-order valence-corrected chi connectivity index (χ1v) is 7.97. The fourth-order valence-corrected chi connectivity index (χ4v) is 5.08. The minimum absolute atomic E-state index is 0.379. The van der Waals surface area contributed by atoms with Crippen LogP contribution in [0.2, 0.25) is 0 Å². The third-order valence-corrected chi connectivity index (χ3v) is 5.96. The van der Waals surface area contributed by atoms with E-state index in [1.54, 1.807) is 7.11 Å². The summed E-state index contributed by atoms with van der Waals surface area (Å²) in [6, 6.07) is 6.54. The Kier molecular flexibility index (Phi) is 2.87. The van der Waals surface area contributed by atoms with Crippen molar-refractivity contribution < 1.29 is 9.53 Å². The Morgan fingerprint density at radius 3 is 2.85 bits per heavy atom. The summed E-state index contributed by atoms with van der Waals surface area (Å²) in [7, 11) is 1.73. The first-order chi connectivity index (χ1) is 9.78. The van der Waals surface area contributed by atoms with E-state index < -0.39 is 0 Å². The Morgan fingerprint density at radius 2 is 2.00 bits per heavy atom. The first-order valence-electron chi connectivity index (χ1n) is 7.97. The van der Waals surface area contributed by atoms with Gasteiger partial charge >= 0.3 is 0 Å². The Morgan fingerprint density at radius 1 is 1.10 bits per heavy atom. The SMILES string of the molecule is COc1ccc2c(c1)CCC1C2CCC2CCC(=O)C21. The normalized spacial score (nSPS) is 35.1. The smallest absolute Gasteiger partial charge is 0.136 e. The second-order valence-electron chi connectivity index (χ2n) is 6.74. The third-order valence-electron chi connectivity index (χ3n) is 5.96. The summed E-state index contributed by atoms with van der Waals surface area (Å²) in [6.45, 7) is 0. The molecule has 0 N–H and O–H groups in total. The van der Waals surface area contributed by atoms with Crippen molar-refractivity contribution >= 4 is 5.78 Å². The number of ketones is 1. The van der Waals surface area contributed by atoms with Gasteiger partial charge in [-0.25, -0.2) is 0 Å².